The number of ether oxygens (including phenoxy) is 1. The minimum Gasteiger partial charge on any atom is -0.381 e. The highest BCUT2D eigenvalue weighted by molar-refractivity contribution is 6.31. The number of carbonyl (C=O) groups is 1. The van der Waals surface area contributed by atoms with Gasteiger partial charge in [-0.1, -0.05) is 35.0 Å². The van der Waals surface area contributed by atoms with Gasteiger partial charge in [0.25, 0.3) is 5.91 Å². The summed E-state index contributed by atoms with van der Waals surface area (Å²) >= 11 is 6.33. The Balaban J connectivity index is 1.45. The fourth-order valence-electron chi connectivity index (χ4n) is 4.02. The van der Waals surface area contributed by atoms with Gasteiger partial charge in [-0.3, -0.25) is 9.48 Å². The average Bonchev–Trinajstić information content (AvgIpc) is 3.36. The first-order valence-electron chi connectivity index (χ1n) is 9.73. The minimum atomic E-state index is -0.0272. The molecule has 0 radical (unpaired) electrons. The molecule has 1 aromatic heterocycles. The van der Waals surface area contributed by atoms with E-state index >= 15 is 0 Å². The van der Waals surface area contributed by atoms with Crippen LogP contribution in [-0.4, -0.2) is 51.6 Å². The van der Waals surface area contributed by atoms with Crippen LogP contribution in [0.3, 0.4) is 0 Å². The minimum absolute atomic E-state index is 0.0272. The van der Waals surface area contributed by atoms with E-state index < -0.39 is 0 Å². The zero-order chi connectivity index (χ0) is 18.6. The lowest BCUT2D eigenvalue weighted by atomic mass is 9.95. The van der Waals surface area contributed by atoms with Gasteiger partial charge in [-0.2, -0.15) is 0 Å². The van der Waals surface area contributed by atoms with Gasteiger partial charge in [0.1, 0.15) is 0 Å². The van der Waals surface area contributed by atoms with Crippen LogP contribution in [0.15, 0.2) is 30.5 Å². The molecule has 0 saturated carbocycles. The molecule has 0 spiro atoms. The van der Waals surface area contributed by atoms with Crippen molar-refractivity contribution in [1.82, 2.24) is 19.9 Å². The molecule has 1 amide bonds. The van der Waals surface area contributed by atoms with Gasteiger partial charge in [0.05, 0.1) is 12.8 Å². The summed E-state index contributed by atoms with van der Waals surface area (Å²) in [5.74, 6) is 0.429. The summed E-state index contributed by atoms with van der Waals surface area (Å²) in [7, 11) is 0. The van der Waals surface area contributed by atoms with Crippen LogP contribution in [-0.2, 0) is 17.7 Å². The van der Waals surface area contributed by atoms with E-state index in [-0.39, 0.29) is 11.9 Å². The molecule has 144 valence electrons. The quantitative estimate of drug-likeness (QED) is 0.789. The van der Waals surface area contributed by atoms with E-state index in [9.17, 15) is 4.79 Å². The third-order valence-electron chi connectivity index (χ3n) is 5.53. The van der Waals surface area contributed by atoms with Gasteiger partial charge in [0, 0.05) is 36.7 Å². The van der Waals surface area contributed by atoms with Crippen molar-refractivity contribution in [3.05, 3.63) is 46.7 Å². The van der Waals surface area contributed by atoms with Gasteiger partial charge < -0.3 is 9.64 Å². The van der Waals surface area contributed by atoms with Crippen LogP contribution < -0.4 is 0 Å². The Kier molecular flexibility index (Phi) is 5.74. The lowest BCUT2D eigenvalue weighted by Crippen LogP contribution is -2.45. The third kappa shape index (κ3) is 4.33. The van der Waals surface area contributed by atoms with Crippen LogP contribution in [0.1, 0.15) is 41.7 Å². The molecule has 0 N–H and O–H groups in total. The second-order valence-electron chi connectivity index (χ2n) is 7.50. The van der Waals surface area contributed by atoms with E-state index in [4.69, 9.17) is 16.3 Å². The molecule has 0 bridgehead atoms. The molecule has 2 unspecified atom stereocenters. The SMILES string of the molecule is O=C(c1cn(CC2CCOC2)nn1)N1CCCCC1Cc1ccccc1Cl. The summed E-state index contributed by atoms with van der Waals surface area (Å²) in [4.78, 5) is 15.0. The number of halogens is 1. The molecule has 2 aromatic rings. The summed E-state index contributed by atoms with van der Waals surface area (Å²) < 4.78 is 7.19. The van der Waals surface area contributed by atoms with E-state index in [1.54, 1.807) is 10.9 Å². The van der Waals surface area contributed by atoms with Crippen molar-refractivity contribution in [2.24, 2.45) is 5.92 Å². The van der Waals surface area contributed by atoms with Gasteiger partial charge in [-0.25, -0.2) is 0 Å². The Labute approximate surface area is 164 Å². The molecule has 2 atom stereocenters. The largest absolute Gasteiger partial charge is 0.381 e. The summed E-state index contributed by atoms with van der Waals surface area (Å²) in [5.41, 5.74) is 1.52. The average molecular weight is 389 g/mol. The Hall–Kier alpha value is -1.92. The first kappa shape index (κ1) is 18.4. The summed E-state index contributed by atoms with van der Waals surface area (Å²) in [6.45, 7) is 3.08. The predicted octanol–water partition coefficient (Wildman–Crippen LogP) is 3.21. The molecule has 3 heterocycles. The number of likely N-dealkylation sites (tertiary alicyclic amines) is 1. The highest BCUT2D eigenvalue weighted by atomic mass is 35.5. The van der Waals surface area contributed by atoms with Crippen LogP contribution in [0, 0.1) is 5.92 Å². The van der Waals surface area contributed by atoms with Crippen molar-refractivity contribution >= 4 is 17.5 Å². The van der Waals surface area contributed by atoms with Crippen molar-refractivity contribution < 1.29 is 9.53 Å². The standard InChI is InChI=1S/C20H25ClN4O2/c21-18-7-2-1-5-16(18)11-17-6-3-4-9-25(17)20(26)19-13-24(23-22-19)12-15-8-10-27-14-15/h1-2,5,7,13,15,17H,3-4,6,8-12,14H2. The van der Waals surface area contributed by atoms with Gasteiger partial charge in [-0.05, 0) is 43.7 Å². The van der Waals surface area contributed by atoms with Crippen molar-refractivity contribution in [1.29, 1.82) is 0 Å². The molecule has 6 nitrogen and oxygen atoms in total. The number of carbonyl (C=O) groups excluding carboxylic acids is 1. The maximum atomic E-state index is 13.1. The lowest BCUT2D eigenvalue weighted by molar-refractivity contribution is 0.0607. The maximum absolute atomic E-state index is 13.1. The van der Waals surface area contributed by atoms with Crippen LogP contribution in [0.25, 0.3) is 0 Å². The molecule has 4 rings (SSSR count). The second-order valence-corrected chi connectivity index (χ2v) is 7.91. The van der Waals surface area contributed by atoms with Crippen LogP contribution >= 0.6 is 11.6 Å². The van der Waals surface area contributed by atoms with Crippen LogP contribution in [0.2, 0.25) is 5.02 Å². The summed E-state index contributed by atoms with van der Waals surface area (Å²) in [6, 6.07) is 8.03. The smallest absolute Gasteiger partial charge is 0.276 e. The number of aromatic nitrogens is 3. The van der Waals surface area contributed by atoms with E-state index in [2.05, 4.69) is 10.3 Å². The molecule has 27 heavy (non-hydrogen) atoms. The highest BCUT2D eigenvalue weighted by Gasteiger charge is 2.30. The number of amides is 1. The first-order valence-corrected chi connectivity index (χ1v) is 10.1. The number of hydrogen-bond acceptors (Lipinski definition) is 4. The fraction of sp³-hybridized carbons (Fsp3) is 0.550. The van der Waals surface area contributed by atoms with Crippen LogP contribution in [0.5, 0.6) is 0 Å². The summed E-state index contributed by atoms with van der Waals surface area (Å²) in [5, 5.41) is 9.07. The Morgan fingerprint density at radius 2 is 2.15 bits per heavy atom. The molecule has 2 aliphatic rings. The molecular formula is C20H25ClN4O2. The van der Waals surface area contributed by atoms with Crippen molar-refractivity contribution in [2.45, 2.75) is 44.7 Å². The van der Waals surface area contributed by atoms with E-state index in [0.717, 1.165) is 69.0 Å². The number of nitrogens with zero attached hydrogens (tertiary/aromatic N) is 4. The molecule has 1 aromatic carbocycles. The fourth-order valence-corrected chi connectivity index (χ4v) is 4.24. The van der Waals surface area contributed by atoms with Crippen molar-refractivity contribution in [3.63, 3.8) is 0 Å². The number of piperidine rings is 1. The maximum Gasteiger partial charge on any atom is 0.276 e. The molecule has 7 heteroatoms. The molecule has 2 saturated heterocycles. The molecule has 2 aliphatic heterocycles. The monoisotopic (exact) mass is 388 g/mol. The Morgan fingerprint density at radius 1 is 1.26 bits per heavy atom. The first-order chi connectivity index (χ1) is 13.2. The van der Waals surface area contributed by atoms with Gasteiger partial charge in [-0.15, -0.1) is 5.10 Å². The predicted molar refractivity (Wildman–Crippen MR) is 103 cm³/mol. The third-order valence-corrected chi connectivity index (χ3v) is 5.90. The van der Waals surface area contributed by atoms with Gasteiger partial charge in [0.15, 0.2) is 5.69 Å². The van der Waals surface area contributed by atoms with E-state index in [0.29, 0.717) is 11.6 Å². The topological polar surface area (TPSA) is 60.3 Å². The molecule has 2 fully saturated rings. The summed E-state index contributed by atoms with van der Waals surface area (Å²) in [6.07, 6.45) is 6.74. The second kappa shape index (κ2) is 8.40. The van der Waals surface area contributed by atoms with E-state index in [1.165, 1.54) is 0 Å². The van der Waals surface area contributed by atoms with Crippen molar-refractivity contribution in [2.75, 3.05) is 19.8 Å². The van der Waals surface area contributed by atoms with E-state index in [1.807, 2.05) is 29.2 Å². The zero-order valence-corrected chi connectivity index (χ0v) is 16.1. The Morgan fingerprint density at radius 3 is 2.96 bits per heavy atom. The van der Waals surface area contributed by atoms with Crippen LogP contribution in [0.4, 0.5) is 0 Å². The molecular weight excluding hydrogens is 364 g/mol. The normalized spacial score (nSPS) is 22.9. The van der Waals surface area contributed by atoms with Gasteiger partial charge >= 0.3 is 0 Å². The highest BCUT2D eigenvalue weighted by Crippen LogP contribution is 2.25. The number of benzene rings is 1. The Bertz CT molecular complexity index is 788. The number of rotatable bonds is 5. The lowest BCUT2D eigenvalue weighted by Gasteiger charge is -2.35. The zero-order valence-electron chi connectivity index (χ0n) is 15.4. The molecule has 0 aliphatic carbocycles. The number of hydrogen-bond donors (Lipinski definition) is 0. The van der Waals surface area contributed by atoms with Crippen molar-refractivity contribution in [3.8, 4) is 0 Å². The van der Waals surface area contributed by atoms with Gasteiger partial charge in [0.2, 0.25) is 0 Å².